The van der Waals surface area contributed by atoms with Crippen LogP contribution in [-0.4, -0.2) is 33.0 Å². The molecule has 8 heteroatoms. The number of hydrogen-bond acceptors (Lipinski definition) is 5. The molecule has 0 bridgehead atoms. The maximum atomic E-state index is 13.4. The molecule has 1 saturated heterocycles. The minimum absolute atomic E-state index is 0.0929. The van der Waals surface area contributed by atoms with Crippen molar-refractivity contribution >= 4 is 27.1 Å². The molecule has 0 radical (unpaired) electrons. The molecule has 0 unspecified atom stereocenters. The molecule has 1 aliphatic rings. The van der Waals surface area contributed by atoms with Crippen LogP contribution in [0.1, 0.15) is 18.4 Å². The van der Waals surface area contributed by atoms with Crippen LogP contribution in [0.3, 0.4) is 0 Å². The molecule has 1 aromatic heterocycles. The van der Waals surface area contributed by atoms with Gasteiger partial charge in [-0.3, -0.25) is 0 Å². The molecule has 2 heterocycles. The van der Waals surface area contributed by atoms with E-state index in [0.717, 1.165) is 37.0 Å². The summed E-state index contributed by atoms with van der Waals surface area (Å²) < 4.78 is 46.8. The van der Waals surface area contributed by atoms with Crippen molar-refractivity contribution in [3.05, 3.63) is 53.8 Å². The highest BCUT2D eigenvalue weighted by atomic mass is 32.2. The van der Waals surface area contributed by atoms with Crippen LogP contribution < -0.4 is 9.62 Å². The van der Waals surface area contributed by atoms with Crippen molar-refractivity contribution in [2.24, 2.45) is 5.92 Å². The zero-order valence-corrected chi connectivity index (χ0v) is 16.4. The molecule has 1 aliphatic heterocycles. The first-order valence-corrected chi connectivity index (χ1v) is 10.8. The molecule has 28 heavy (non-hydrogen) atoms. The van der Waals surface area contributed by atoms with Crippen LogP contribution in [0.5, 0.6) is 0 Å². The minimum atomic E-state index is -3.64. The highest BCUT2D eigenvalue weighted by Crippen LogP contribution is 2.26. The van der Waals surface area contributed by atoms with Gasteiger partial charge in [0.15, 0.2) is 5.58 Å². The van der Waals surface area contributed by atoms with Gasteiger partial charge in [0, 0.05) is 19.6 Å². The molecule has 0 amide bonds. The third kappa shape index (κ3) is 3.88. The van der Waals surface area contributed by atoms with Gasteiger partial charge in [-0.15, -0.1) is 0 Å². The summed E-state index contributed by atoms with van der Waals surface area (Å²) in [5.41, 5.74) is 1.92. The van der Waals surface area contributed by atoms with Gasteiger partial charge < -0.3 is 9.32 Å². The fourth-order valence-corrected chi connectivity index (χ4v) is 4.62. The van der Waals surface area contributed by atoms with Crippen molar-refractivity contribution in [1.29, 1.82) is 0 Å². The van der Waals surface area contributed by atoms with E-state index in [-0.39, 0.29) is 10.8 Å². The van der Waals surface area contributed by atoms with E-state index in [2.05, 4.69) is 14.6 Å². The van der Waals surface area contributed by atoms with Crippen molar-refractivity contribution < 1.29 is 17.2 Å². The van der Waals surface area contributed by atoms with Crippen LogP contribution in [0.15, 0.2) is 51.8 Å². The van der Waals surface area contributed by atoms with Gasteiger partial charge in [-0.1, -0.05) is 12.1 Å². The van der Waals surface area contributed by atoms with Crippen molar-refractivity contribution in [2.45, 2.75) is 24.7 Å². The van der Waals surface area contributed by atoms with E-state index in [0.29, 0.717) is 18.1 Å². The molecule has 0 saturated carbocycles. The number of nitrogens with one attached hydrogen (secondary N) is 1. The second kappa shape index (κ2) is 7.52. The van der Waals surface area contributed by atoms with E-state index in [9.17, 15) is 12.8 Å². The zero-order chi connectivity index (χ0) is 19.7. The first kappa shape index (κ1) is 18.9. The molecule has 2 aromatic carbocycles. The van der Waals surface area contributed by atoms with E-state index in [1.807, 2.05) is 24.3 Å². The van der Waals surface area contributed by atoms with E-state index in [1.165, 1.54) is 18.2 Å². The molecule has 0 aliphatic carbocycles. The van der Waals surface area contributed by atoms with Crippen LogP contribution in [0, 0.1) is 18.7 Å². The second-order valence-electron chi connectivity index (χ2n) is 7.16. The third-order valence-corrected chi connectivity index (χ3v) is 6.59. The fraction of sp³-hybridized carbons (Fsp3) is 0.350. The molecule has 1 fully saturated rings. The molecule has 0 atom stereocenters. The Morgan fingerprint density at radius 1 is 1.21 bits per heavy atom. The fourth-order valence-electron chi connectivity index (χ4n) is 3.42. The summed E-state index contributed by atoms with van der Waals surface area (Å²) in [4.78, 5) is 6.70. The Bertz CT molecular complexity index is 1060. The summed E-state index contributed by atoms with van der Waals surface area (Å²) in [5.74, 6) is -0.178. The predicted molar refractivity (Wildman–Crippen MR) is 105 cm³/mol. The van der Waals surface area contributed by atoms with Crippen LogP contribution in [0.2, 0.25) is 0 Å². The topological polar surface area (TPSA) is 75.4 Å². The van der Waals surface area contributed by atoms with E-state index in [1.54, 1.807) is 6.92 Å². The van der Waals surface area contributed by atoms with Gasteiger partial charge in [0.2, 0.25) is 10.0 Å². The average molecular weight is 403 g/mol. The standard InChI is InChI=1S/C20H22FN3O3S/c1-14-12-16(6-7-17(14)21)28(25,26)22-13-15-8-10-24(11-9-15)20-23-18-4-2-3-5-19(18)27-20/h2-7,12,15,22H,8-11,13H2,1H3. The van der Waals surface area contributed by atoms with Crippen LogP contribution in [0.4, 0.5) is 10.4 Å². The molecular weight excluding hydrogens is 381 g/mol. The maximum Gasteiger partial charge on any atom is 0.298 e. The van der Waals surface area contributed by atoms with Crippen molar-refractivity contribution in [2.75, 3.05) is 24.5 Å². The Hall–Kier alpha value is -2.45. The van der Waals surface area contributed by atoms with Crippen LogP contribution in [0.25, 0.3) is 11.1 Å². The van der Waals surface area contributed by atoms with E-state index in [4.69, 9.17) is 4.42 Å². The summed E-state index contributed by atoms with van der Waals surface area (Å²) in [7, 11) is -3.64. The molecule has 1 N–H and O–H groups in total. The Balaban J connectivity index is 1.34. The summed E-state index contributed by atoms with van der Waals surface area (Å²) in [5, 5.41) is 0. The van der Waals surface area contributed by atoms with Crippen LogP contribution in [-0.2, 0) is 10.0 Å². The lowest BCUT2D eigenvalue weighted by Crippen LogP contribution is -2.38. The normalized spacial score (nSPS) is 16.0. The van der Waals surface area contributed by atoms with Gasteiger partial charge >= 0.3 is 0 Å². The van der Waals surface area contributed by atoms with E-state index >= 15 is 0 Å². The predicted octanol–water partition coefficient (Wildman–Crippen LogP) is 3.47. The number of hydrogen-bond donors (Lipinski definition) is 1. The molecule has 148 valence electrons. The second-order valence-corrected chi connectivity index (χ2v) is 8.92. The first-order chi connectivity index (χ1) is 13.4. The lowest BCUT2D eigenvalue weighted by atomic mass is 9.97. The SMILES string of the molecule is Cc1cc(S(=O)(=O)NCC2CCN(c3nc4ccccc4o3)CC2)ccc1F. The van der Waals surface area contributed by atoms with Gasteiger partial charge in [0.1, 0.15) is 11.3 Å². The quantitative estimate of drug-likeness (QED) is 0.706. The Morgan fingerprint density at radius 3 is 2.68 bits per heavy atom. The van der Waals surface area contributed by atoms with Crippen molar-refractivity contribution in [3.8, 4) is 0 Å². The number of aryl methyl sites for hydroxylation is 1. The number of halogens is 1. The Morgan fingerprint density at radius 2 is 1.96 bits per heavy atom. The largest absolute Gasteiger partial charge is 0.423 e. The van der Waals surface area contributed by atoms with Crippen molar-refractivity contribution in [1.82, 2.24) is 9.71 Å². The number of para-hydroxylation sites is 2. The number of piperidine rings is 1. The molecule has 0 spiro atoms. The monoisotopic (exact) mass is 403 g/mol. The summed E-state index contributed by atoms with van der Waals surface area (Å²) in [6.07, 6.45) is 1.67. The van der Waals surface area contributed by atoms with Gasteiger partial charge in [-0.25, -0.2) is 17.5 Å². The van der Waals surface area contributed by atoms with E-state index < -0.39 is 15.8 Å². The molecule has 4 rings (SSSR count). The third-order valence-electron chi connectivity index (χ3n) is 5.17. The van der Waals surface area contributed by atoms with Crippen molar-refractivity contribution in [3.63, 3.8) is 0 Å². The number of nitrogens with zero attached hydrogens (tertiary/aromatic N) is 2. The average Bonchev–Trinajstić information content (AvgIpc) is 3.13. The number of aromatic nitrogens is 1. The maximum absolute atomic E-state index is 13.4. The summed E-state index contributed by atoms with van der Waals surface area (Å²) >= 11 is 0. The van der Waals surface area contributed by atoms with Gasteiger partial charge in [-0.05, 0) is 61.6 Å². The first-order valence-electron chi connectivity index (χ1n) is 9.29. The highest BCUT2D eigenvalue weighted by molar-refractivity contribution is 7.89. The molecule has 3 aromatic rings. The Labute approximate surface area is 163 Å². The number of benzene rings is 2. The number of oxazole rings is 1. The van der Waals surface area contributed by atoms with Gasteiger partial charge in [-0.2, -0.15) is 4.98 Å². The summed E-state index contributed by atoms with van der Waals surface area (Å²) in [6.45, 7) is 3.43. The number of rotatable bonds is 5. The number of sulfonamides is 1. The van der Waals surface area contributed by atoms with Gasteiger partial charge in [0.05, 0.1) is 4.90 Å². The van der Waals surface area contributed by atoms with Crippen LogP contribution >= 0.6 is 0 Å². The summed E-state index contributed by atoms with van der Waals surface area (Å²) in [6, 6.07) is 12.1. The lowest BCUT2D eigenvalue weighted by Gasteiger charge is -2.30. The molecule has 6 nitrogen and oxygen atoms in total. The minimum Gasteiger partial charge on any atom is -0.423 e. The highest BCUT2D eigenvalue weighted by Gasteiger charge is 2.24. The number of anilines is 1. The zero-order valence-electron chi connectivity index (χ0n) is 15.6. The molecular formula is C20H22FN3O3S. The Kier molecular flexibility index (Phi) is 5.07. The lowest BCUT2D eigenvalue weighted by molar-refractivity contribution is 0.387. The van der Waals surface area contributed by atoms with Gasteiger partial charge in [0.25, 0.3) is 6.01 Å². The smallest absolute Gasteiger partial charge is 0.298 e. The number of fused-ring (bicyclic) bond motifs is 1.